The first kappa shape index (κ1) is 24.0. The third-order valence-corrected chi connectivity index (χ3v) is 4.47. The van der Waals surface area contributed by atoms with Gasteiger partial charge in [-0.05, 0) is 30.3 Å². The van der Waals surface area contributed by atoms with E-state index in [0.717, 1.165) is 36.4 Å². The summed E-state index contributed by atoms with van der Waals surface area (Å²) < 4.78 is 40.9. The normalized spacial score (nSPS) is 10.6. The highest BCUT2D eigenvalue weighted by Gasteiger charge is 2.24. The number of ether oxygens (including phenoxy) is 2. The molecule has 34 heavy (non-hydrogen) atoms. The first-order chi connectivity index (χ1) is 16.2. The minimum Gasteiger partial charge on any atom is -0.452 e. The molecule has 0 atom stereocenters. The van der Waals surface area contributed by atoms with Crippen LogP contribution in [0.1, 0.15) is 24.2 Å². The molecule has 176 valence electrons. The molecule has 4 rings (SSSR count). The SMILES string of the molecule is CC.O=C(Oc1ccc([N+](=O)[O-])cc1)c1ccc(OC(F)F)c2oc3ccc([N+](=O)[O-])cc3c12. The fourth-order valence-corrected chi connectivity index (χ4v) is 3.11. The zero-order chi connectivity index (χ0) is 25.0. The van der Waals surface area contributed by atoms with Crippen molar-refractivity contribution in [2.75, 3.05) is 0 Å². The number of fused-ring (bicyclic) bond motifs is 3. The highest BCUT2D eigenvalue weighted by molar-refractivity contribution is 6.17. The third kappa shape index (κ3) is 4.75. The van der Waals surface area contributed by atoms with Gasteiger partial charge in [-0.3, -0.25) is 20.2 Å². The second kappa shape index (κ2) is 9.90. The molecule has 0 spiro atoms. The molecule has 0 fully saturated rings. The van der Waals surface area contributed by atoms with Gasteiger partial charge in [0.25, 0.3) is 11.4 Å². The van der Waals surface area contributed by atoms with Gasteiger partial charge in [-0.1, -0.05) is 13.8 Å². The first-order valence-corrected chi connectivity index (χ1v) is 9.79. The van der Waals surface area contributed by atoms with E-state index in [4.69, 9.17) is 9.15 Å². The van der Waals surface area contributed by atoms with Crippen molar-refractivity contribution in [1.29, 1.82) is 0 Å². The topological polar surface area (TPSA) is 135 Å². The number of non-ortho nitro benzene ring substituents is 2. The summed E-state index contributed by atoms with van der Waals surface area (Å²) in [4.78, 5) is 33.5. The Labute approximate surface area is 189 Å². The van der Waals surface area contributed by atoms with Gasteiger partial charge in [-0.25, -0.2) is 4.79 Å². The lowest BCUT2D eigenvalue weighted by Crippen LogP contribution is -2.10. The van der Waals surface area contributed by atoms with Crippen molar-refractivity contribution in [3.63, 3.8) is 0 Å². The van der Waals surface area contributed by atoms with E-state index in [-0.39, 0.29) is 50.4 Å². The number of nitrogens with zero attached hydrogens (tertiary/aromatic N) is 2. The highest BCUT2D eigenvalue weighted by atomic mass is 19.3. The Morgan fingerprint density at radius 1 is 0.941 bits per heavy atom. The molecule has 0 radical (unpaired) electrons. The maximum atomic E-state index is 12.8. The molecule has 3 aromatic carbocycles. The number of carbonyl (C=O) groups is 1. The summed E-state index contributed by atoms with van der Waals surface area (Å²) >= 11 is 0. The maximum absolute atomic E-state index is 12.8. The Kier molecular flexibility index (Phi) is 7.00. The Hall–Kier alpha value is -4.61. The number of halogens is 2. The minimum atomic E-state index is -3.18. The van der Waals surface area contributed by atoms with E-state index >= 15 is 0 Å². The molecule has 0 unspecified atom stereocenters. The van der Waals surface area contributed by atoms with Crippen LogP contribution in [0.3, 0.4) is 0 Å². The molecule has 12 heteroatoms. The van der Waals surface area contributed by atoms with Crippen LogP contribution in [0.15, 0.2) is 59.0 Å². The van der Waals surface area contributed by atoms with Crippen LogP contribution in [0.2, 0.25) is 0 Å². The first-order valence-electron chi connectivity index (χ1n) is 9.79. The Morgan fingerprint density at radius 2 is 1.56 bits per heavy atom. The molecule has 0 amide bonds. The number of rotatable bonds is 6. The second-order valence-electron chi connectivity index (χ2n) is 6.37. The smallest absolute Gasteiger partial charge is 0.387 e. The predicted octanol–water partition coefficient (Wildman–Crippen LogP) is 6.25. The van der Waals surface area contributed by atoms with E-state index in [0.29, 0.717) is 0 Å². The van der Waals surface area contributed by atoms with E-state index in [1.807, 2.05) is 13.8 Å². The average molecular weight is 474 g/mol. The minimum absolute atomic E-state index is 0.0135. The van der Waals surface area contributed by atoms with Crippen LogP contribution in [-0.2, 0) is 0 Å². The summed E-state index contributed by atoms with van der Waals surface area (Å²) in [5.41, 5.74) is -0.789. The van der Waals surface area contributed by atoms with E-state index in [2.05, 4.69) is 4.74 Å². The lowest BCUT2D eigenvalue weighted by molar-refractivity contribution is -0.385. The Bertz CT molecular complexity index is 1380. The van der Waals surface area contributed by atoms with Crippen LogP contribution in [0.5, 0.6) is 11.5 Å². The monoisotopic (exact) mass is 474 g/mol. The lowest BCUT2D eigenvalue weighted by Gasteiger charge is -2.08. The molecule has 0 aliphatic carbocycles. The van der Waals surface area contributed by atoms with Crippen molar-refractivity contribution in [1.82, 2.24) is 0 Å². The number of hydrogen-bond acceptors (Lipinski definition) is 8. The van der Waals surface area contributed by atoms with Gasteiger partial charge in [0.2, 0.25) is 0 Å². The van der Waals surface area contributed by atoms with Crippen LogP contribution in [-0.4, -0.2) is 22.4 Å². The summed E-state index contributed by atoms with van der Waals surface area (Å²) in [5, 5.41) is 22.0. The Balaban J connectivity index is 0.00000158. The molecule has 1 heterocycles. The summed E-state index contributed by atoms with van der Waals surface area (Å²) in [6.45, 7) is 0.818. The molecule has 10 nitrogen and oxygen atoms in total. The molecule has 0 saturated carbocycles. The van der Waals surface area contributed by atoms with Crippen LogP contribution in [0, 0.1) is 20.2 Å². The molecular formula is C22H16F2N2O8. The number of alkyl halides is 2. The second-order valence-corrected chi connectivity index (χ2v) is 6.37. The van der Waals surface area contributed by atoms with Crippen molar-refractivity contribution in [2.45, 2.75) is 20.5 Å². The fourth-order valence-electron chi connectivity index (χ4n) is 3.11. The molecule has 4 aromatic rings. The van der Waals surface area contributed by atoms with E-state index in [1.54, 1.807) is 0 Å². The van der Waals surface area contributed by atoms with Crippen molar-refractivity contribution < 1.29 is 37.3 Å². The summed E-state index contributed by atoms with van der Waals surface area (Å²) in [6.07, 6.45) is 0. The number of benzene rings is 3. The van der Waals surface area contributed by atoms with Gasteiger partial charge in [0.05, 0.1) is 15.4 Å². The summed E-state index contributed by atoms with van der Waals surface area (Å²) in [5.74, 6) is -1.33. The molecular weight excluding hydrogens is 458 g/mol. The zero-order valence-electron chi connectivity index (χ0n) is 17.7. The largest absolute Gasteiger partial charge is 0.452 e. The molecule has 0 N–H and O–H groups in total. The van der Waals surface area contributed by atoms with Crippen molar-refractivity contribution in [3.8, 4) is 11.5 Å². The molecule has 0 bridgehead atoms. The number of nitro benzene ring substituents is 2. The van der Waals surface area contributed by atoms with Gasteiger partial charge >= 0.3 is 12.6 Å². The molecule has 0 saturated heterocycles. The van der Waals surface area contributed by atoms with Crippen LogP contribution < -0.4 is 9.47 Å². The van der Waals surface area contributed by atoms with Gasteiger partial charge in [0, 0.05) is 35.0 Å². The Morgan fingerprint density at radius 3 is 2.15 bits per heavy atom. The number of carbonyl (C=O) groups excluding carboxylic acids is 1. The predicted molar refractivity (Wildman–Crippen MR) is 116 cm³/mol. The van der Waals surface area contributed by atoms with Crippen molar-refractivity contribution in [3.05, 3.63) is 80.4 Å². The van der Waals surface area contributed by atoms with Crippen LogP contribution in [0.4, 0.5) is 20.2 Å². The summed E-state index contributed by atoms with van der Waals surface area (Å²) in [6, 6.07) is 10.5. The van der Waals surface area contributed by atoms with E-state index in [1.165, 1.54) is 18.2 Å². The highest BCUT2D eigenvalue weighted by Crippen LogP contribution is 2.39. The average Bonchev–Trinajstić information content (AvgIpc) is 3.20. The number of hydrogen-bond donors (Lipinski definition) is 0. The van der Waals surface area contributed by atoms with E-state index in [9.17, 15) is 33.8 Å². The van der Waals surface area contributed by atoms with Crippen LogP contribution >= 0.6 is 0 Å². The lowest BCUT2D eigenvalue weighted by atomic mass is 10.1. The standard InChI is InChI=1S/C20H10F2N2O8.C2H6/c21-20(22)32-16-8-6-13(19(25)30-12-4-1-10(2-5-12)23(26)27)17-14-9-11(24(28)29)3-7-15(14)31-18(16)17;1-2/h1-9,20H;1-2H3. The number of nitro groups is 2. The maximum Gasteiger partial charge on any atom is 0.387 e. The molecule has 0 aliphatic rings. The van der Waals surface area contributed by atoms with Crippen molar-refractivity contribution in [2.24, 2.45) is 0 Å². The van der Waals surface area contributed by atoms with Gasteiger partial charge in [0.15, 0.2) is 11.3 Å². The van der Waals surface area contributed by atoms with Crippen molar-refractivity contribution >= 4 is 39.3 Å². The third-order valence-electron chi connectivity index (χ3n) is 4.47. The zero-order valence-corrected chi connectivity index (χ0v) is 17.7. The summed E-state index contributed by atoms with van der Waals surface area (Å²) in [7, 11) is 0. The van der Waals surface area contributed by atoms with Gasteiger partial charge < -0.3 is 13.9 Å². The van der Waals surface area contributed by atoms with E-state index < -0.39 is 22.4 Å². The molecule has 0 aliphatic heterocycles. The molecule has 1 aromatic heterocycles. The fraction of sp³-hybridized carbons (Fsp3) is 0.136. The number of esters is 1. The van der Waals surface area contributed by atoms with Gasteiger partial charge in [-0.2, -0.15) is 8.78 Å². The quantitative estimate of drug-likeness (QED) is 0.138. The van der Waals surface area contributed by atoms with Gasteiger partial charge in [-0.15, -0.1) is 0 Å². The number of furan rings is 1. The van der Waals surface area contributed by atoms with Crippen LogP contribution in [0.25, 0.3) is 21.9 Å². The van der Waals surface area contributed by atoms with Gasteiger partial charge in [0.1, 0.15) is 11.3 Å².